The predicted octanol–water partition coefficient (Wildman–Crippen LogP) is 0.616. The van der Waals surface area contributed by atoms with Crippen molar-refractivity contribution in [3.05, 3.63) is 29.8 Å². The van der Waals surface area contributed by atoms with E-state index in [4.69, 9.17) is 0 Å². The number of hydrogen-bond acceptors (Lipinski definition) is 3. The molecule has 0 aliphatic carbocycles. The number of nitrogens with one attached hydrogen (secondary N) is 2. The number of piperazine rings is 1. The molecule has 2 N–H and O–H groups in total. The van der Waals surface area contributed by atoms with E-state index in [1.54, 1.807) is 4.90 Å². The SMILES string of the molecule is O=C1NCCN(c2cccc(C3CCCNC3)c2)C1=O. The van der Waals surface area contributed by atoms with E-state index < -0.39 is 11.8 Å². The summed E-state index contributed by atoms with van der Waals surface area (Å²) >= 11 is 0. The van der Waals surface area contributed by atoms with Gasteiger partial charge in [0.05, 0.1) is 0 Å². The molecule has 1 atom stereocenters. The summed E-state index contributed by atoms with van der Waals surface area (Å²) in [5, 5.41) is 5.97. The molecule has 0 spiro atoms. The van der Waals surface area contributed by atoms with Gasteiger partial charge in [-0.25, -0.2) is 0 Å². The summed E-state index contributed by atoms with van der Waals surface area (Å²) in [6.45, 7) is 3.12. The Balaban J connectivity index is 1.83. The highest BCUT2D eigenvalue weighted by Gasteiger charge is 2.27. The van der Waals surface area contributed by atoms with E-state index in [0.717, 1.165) is 18.8 Å². The fourth-order valence-electron chi connectivity index (χ4n) is 2.91. The van der Waals surface area contributed by atoms with Gasteiger partial charge in [0.1, 0.15) is 0 Å². The second-order valence-corrected chi connectivity index (χ2v) is 5.35. The average molecular weight is 273 g/mol. The molecular formula is C15H19N3O2. The number of amides is 2. The van der Waals surface area contributed by atoms with Crippen LogP contribution in [-0.2, 0) is 9.59 Å². The highest BCUT2D eigenvalue weighted by molar-refractivity contribution is 6.41. The van der Waals surface area contributed by atoms with Crippen molar-refractivity contribution < 1.29 is 9.59 Å². The van der Waals surface area contributed by atoms with Crippen molar-refractivity contribution in [1.29, 1.82) is 0 Å². The average Bonchev–Trinajstić information content (AvgIpc) is 2.51. The van der Waals surface area contributed by atoms with Crippen LogP contribution in [0.1, 0.15) is 24.3 Å². The predicted molar refractivity (Wildman–Crippen MR) is 76.6 cm³/mol. The lowest BCUT2D eigenvalue weighted by Gasteiger charge is -2.28. The van der Waals surface area contributed by atoms with Gasteiger partial charge in [-0.1, -0.05) is 12.1 Å². The molecule has 2 amide bonds. The number of benzene rings is 1. The number of carbonyl (C=O) groups excluding carboxylic acids is 2. The summed E-state index contributed by atoms with van der Waals surface area (Å²) in [6.07, 6.45) is 2.35. The van der Waals surface area contributed by atoms with E-state index in [-0.39, 0.29) is 0 Å². The number of nitrogens with zero attached hydrogens (tertiary/aromatic N) is 1. The van der Waals surface area contributed by atoms with E-state index in [2.05, 4.69) is 16.7 Å². The van der Waals surface area contributed by atoms with Gasteiger partial charge in [0, 0.05) is 25.3 Å². The fourth-order valence-corrected chi connectivity index (χ4v) is 2.91. The number of anilines is 1. The van der Waals surface area contributed by atoms with Gasteiger partial charge in [-0.3, -0.25) is 9.59 Å². The Kier molecular flexibility index (Phi) is 3.69. The van der Waals surface area contributed by atoms with Gasteiger partial charge in [0.15, 0.2) is 0 Å². The number of rotatable bonds is 2. The first-order chi connectivity index (χ1) is 9.75. The fraction of sp³-hybridized carbons (Fsp3) is 0.467. The maximum Gasteiger partial charge on any atom is 0.316 e. The van der Waals surface area contributed by atoms with Gasteiger partial charge >= 0.3 is 11.8 Å². The number of piperidine rings is 1. The molecule has 2 aliphatic heterocycles. The van der Waals surface area contributed by atoms with E-state index in [0.29, 0.717) is 19.0 Å². The van der Waals surface area contributed by atoms with Crippen LogP contribution in [0.2, 0.25) is 0 Å². The number of carbonyl (C=O) groups is 2. The Morgan fingerprint density at radius 2 is 2.10 bits per heavy atom. The van der Waals surface area contributed by atoms with E-state index in [1.807, 2.05) is 18.2 Å². The van der Waals surface area contributed by atoms with E-state index in [9.17, 15) is 9.59 Å². The summed E-state index contributed by atoms with van der Waals surface area (Å²) in [5.41, 5.74) is 2.07. The molecule has 0 saturated carbocycles. The lowest BCUT2D eigenvalue weighted by molar-refractivity contribution is -0.138. The molecule has 0 bridgehead atoms. The Labute approximate surface area is 118 Å². The summed E-state index contributed by atoms with van der Waals surface area (Å²) in [7, 11) is 0. The minimum Gasteiger partial charge on any atom is -0.346 e. The van der Waals surface area contributed by atoms with Crippen LogP contribution in [0.3, 0.4) is 0 Å². The quantitative estimate of drug-likeness (QED) is 0.776. The van der Waals surface area contributed by atoms with Crippen molar-refractivity contribution >= 4 is 17.5 Å². The molecule has 0 aromatic heterocycles. The second-order valence-electron chi connectivity index (χ2n) is 5.35. The van der Waals surface area contributed by atoms with Crippen LogP contribution in [-0.4, -0.2) is 38.0 Å². The molecule has 1 unspecified atom stereocenters. The van der Waals surface area contributed by atoms with Crippen LogP contribution in [0.15, 0.2) is 24.3 Å². The van der Waals surface area contributed by atoms with Gasteiger partial charge in [-0.05, 0) is 43.0 Å². The van der Waals surface area contributed by atoms with Gasteiger partial charge in [0.2, 0.25) is 0 Å². The van der Waals surface area contributed by atoms with Crippen LogP contribution in [0.4, 0.5) is 5.69 Å². The molecule has 2 fully saturated rings. The van der Waals surface area contributed by atoms with Crippen molar-refractivity contribution in [2.45, 2.75) is 18.8 Å². The summed E-state index contributed by atoms with van der Waals surface area (Å²) in [6, 6.07) is 8.03. The van der Waals surface area contributed by atoms with Crippen molar-refractivity contribution in [1.82, 2.24) is 10.6 Å². The molecule has 2 aliphatic rings. The molecule has 3 rings (SSSR count). The maximum atomic E-state index is 11.9. The Bertz CT molecular complexity index is 524. The summed E-state index contributed by atoms with van der Waals surface area (Å²) < 4.78 is 0. The van der Waals surface area contributed by atoms with Crippen LogP contribution >= 0.6 is 0 Å². The van der Waals surface area contributed by atoms with Crippen molar-refractivity contribution in [3.8, 4) is 0 Å². The minimum atomic E-state index is -0.513. The second kappa shape index (κ2) is 5.63. The van der Waals surface area contributed by atoms with Crippen LogP contribution in [0, 0.1) is 0 Å². The lowest BCUT2D eigenvalue weighted by Crippen LogP contribution is -2.52. The summed E-state index contributed by atoms with van der Waals surface area (Å²) in [4.78, 5) is 24.9. The molecule has 5 nitrogen and oxygen atoms in total. The minimum absolute atomic E-state index is 0.463. The zero-order valence-corrected chi connectivity index (χ0v) is 11.4. The highest BCUT2D eigenvalue weighted by atomic mass is 16.2. The lowest BCUT2D eigenvalue weighted by atomic mass is 9.91. The first kappa shape index (κ1) is 13.1. The zero-order valence-electron chi connectivity index (χ0n) is 11.4. The molecule has 5 heteroatoms. The van der Waals surface area contributed by atoms with Crippen LogP contribution in [0.25, 0.3) is 0 Å². The molecule has 1 aromatic rings. The van der Waals surface area contributed by atoms with Crippen molar-refractivity contribution in [2.75, 3.05) is 31.1 Å². The molecule has 0 radical (unpaired) electrons. The van der Waals surface area contributed by atoms with Gasteiger partial charge < -0.3 is 15.5 Å². The van der Waals surface area contributed by atoms with Gasteiger partial charge in [-0.15, -0.1) is 0 Å². The van der Waals surface area contributed by atoms with Crippen LogP contribution < -0.4 is 15.5 Å². The number of hydrogen-bond donors (Lipinski definition) is 2. The Hall–Kier alpha value is -1.88. The highest BCUT2D eigenvalue weighted by Crippen LogP contribution is 2.27. The Morgan fingerprint density at radius 3 is 2.90 bits per heavy atom. The third-order valence-corrected chi connectivity index (χ3v) is 4.01. The third-order valence-electron chi connectivity index (χ3n) is 4.01. The Morgan fingerprint density at radius 1 is 1.20 bits per heavy atom. The molecular weight excluding hydrogens is 254 g/mol. The van der Waals surface area contributed by atoms with E-state index >= 15 is 0 Å². The molecule has 2 heterocycles. The third kappa shape index (κ3) is 2.54. The smallest absolute Gasteiger partial charge is 0.316 e. The molecule has 2 saturated heterocycles. The van der Waals surface area contributed by atoms with Crippen molar-refractivity contribution in [2.24, 2.45) is 0 Å². The zero-order chi connectivity index (χ0) is 13.9. The first-order valence-corrected chi connectivity index (χ1v) is 7.16. The first-order valence-electron chi connectivity index (χ1n) is 7.16. The van der Waals surface area contributed by atoms with Gasteiger partial charge in [0.25, 0.3) is 0 Å². The molecule has 1 aromatic carbocycles. The molecule has 106 valence electrons. The maximum absolute atomic E-state index is 11.9. The standard InChI is InChI=1S/C15H19N3O2/c19-14-15(20)18(8-7-17-14)13-5-1-3-11(9-13)12-4-2-6-16-10-12/h1,3,5,9,12,16H,2,4,6-8,10H2,(H,17,19). The summed E-state index contributed by atoms with van der Waals surface area (Å²) in [5.74, 6) is -0.478. The normalized spacial score (nSPS) is 23.6. The monoisotopic (exact) mass is 273 g/mol. The largest absolute Gasteiger partial charge is 0.346 e. The van der Waals surface area contributed by atoms with Crippen LogP contribution in [0.5, 0.6) is 0 Å². The molecule has 20 heavy (non-hydrogen) atoms. The van der Waals surface area contributed by atoms with E-state index in [1.165, 1.54) is 18.4 Å². The van der Waals surface area contributed by atoms with Gasteiger partial charge in [-0.2, -0.15) is 0 Å². The van der Waals surface area contributed by atoms with Crippen molar-refractivity contribution in [3.63, 3.8) is 0 Å². The topological polar surface area (TPSA) is 61.4 Å².